The second kappa shape index (κ2) is 6.20. The Morgan fingerprint density at radius 3 is 2.48 bits per heavy atom. The van der Waals surface area contributed by atoms with E-state index in [1.807, 2.05) is 0 Å². The van der Waals surface area contributed by atoms with Crippen molar-refractivity contribution in [2.75, 3.05) is 13.7 Å². The Balaban J connectivity index is 2.35. The molecule has 5 nitrogen and oxygen atoms in total. The van der Waals surface area contributed by atoms with Gasteiger partial charge in [-0.15, -0.1) is 6.58 Å². The minimum atomic E-state index is -0.489. The third-order valence-electron chi connectivity index (χ3n) is 2.81. The molecule has 7 heteroatoms. The topological polar surface area (TPSA) is 58.6 Å². The molecule has 0 aliphatic carbocycles. The van der Waals surface area contributed by atoms with Gasteiger partial charge in [0.05, 0.1) is 17.2 Å². The first-order chi connectivity index (χ1) is 9.97. The van der Waals surface area contributed by atoms with Crippen LogP contribution in [0.15, 0.2) is 30.5 Å². The molecule has 1 heterocycles. The molecule has 0 saturated carbocycles. The van der Waals surface area contributed by atoms with Gasteiger partial charge in [0.15, 0.2) is 5.75 Å². The third kappa shape index (κ3) is 3.04. The number of carbonyl (C=O) groups excluding carboxylic acids is 2. The second-order valence-electron chi connectivity index (χ2n) is 4.21. The molecule has 21 heavy (non-hydrogen) atoms. The number of rotatable bonds is 4. The third-order valence-corrected chi connectivity index (χ3v) is 3.37. The van der Waals surface area contributed by atoms with Gasteiger partial charge in [0.1, 0.15) is 5.70 Å². The number of nitrogens with one attached hydrogen (secondary N) is 1. The summed E-state index contributed by atoms with van der Waals surface area (Å²) in [7, 11) is 1.46. The lowest BCUT2D eigenvalue weighted by Gasteiger charge is -2.07. The van der Waals surface area contributed by atoms with Crippen LogP contribution in [-0.4, -0.2) is 30.5 Å². The number of ether oxygens (including phenoxy) is 1. The van der Waals surface area contributed by atoms with E-state index in [9.17, 15) is 9.59 Å². The van der Waals surface area contributed by atoms with Crippen LogP contribution in [0.25, 0.3) is 6.08 Å². The predicted molar refractivity (Wildman–Crippen MR) is 81.4 cm³/mol. The maximum atomic E-state index is 12.0. The Morgan fingerprint density at radius 2 is 1.95 bits per heavy atom. The van der Waals surface area contributed by atoms with Crippen molar-refractivity contribution in [1.29, 1.82) is 0 Å². The molecule has 0 radical (unpaired) electrons. The van der Waals surface area contributed by atoms with E-state index in [0.717, 1.165) is 4.90 Å². The molecule has 1 fully saturated rings. The molecule has 1 aliphatic heterocycles. The van der Waals surface area contributed by atoms with Crippen molar-refractivity contribution < 1.29 is 14.3 Å². The first-order valence-corrected chi connectivity index (χ1v) is 6.72. The largest absolute Gasteiger partial charge is 0.494 e. The number of hydrogen-bond donors (Lipinski definition) is 1. The summed E-state index contributed by atoms with van der Waals surface area (Å²) >= 11 is 12.1. The highest BCUT2D eigenvalue weighted by Crippen LogP contribution is 2.34. The van der Waals surface area contributed by atoms with Gasteiger partial charge in [-0.1, -0.05) is 29.3 Å². The summed E-state index contributed by atoms with van der Waals surface area (Å²) in [6.07, 6.45) is 2.97. The SMILES string of the molecule is C=CCN1C(=O)N/C(=C\c2cc(Cl)c(OC)c(Cl)c2)C1=O. The number of hydrogen-bond acceptors (Lipinski definition) is 3. The predicted octanol–water partition coefficient (Wildman–Crippen LogP) is 3.08. The highest BCUT2D eigenvalue weighted by Gasteiger charge is 2.32. The lowest BCUT2D eigenvalue weighted by molar-refractivity contribution is -0.122. The van der Waals surface area contributed by atoms with E-state index >= 15 is 0 Å². The molecule has 1 aliphatic rings. The van der Waals surface area contributed by atoms with Gasteiger partial charge < -0.3 is 10.1 Å². The van der Waals surface area contributed by atoms with E-state index in [2.05, 4.69) is 11.9 Å². The fourth-order valence-corrected chi connectivity index (χ4v) is 2.55. The van der Waals surface area contributed by atoms with Crippen LogP contribution in [0.4, 0.5) is 4.79 Å². The Kier molecular flexibility index (Phi) is 4.55. The quantitative estimate of drug-likeness (QED) is 0.525. The first kappa shape index (κ1) is 15.4. The molecule has 3 amide bonds. The van der Waals surface area contributed by atoms with E-state index in [1.165, 1.54) is 19.3 Å². The minimum absolute atomic E-state index is 0.145. The molecule has 0 atom stereocenters. The van der Waals surface area contributed by atoms with Crippen molar-refractivity contribution >= 4 is 41.2 Å². The van der Waals surface area contributed by atoms with Gasteiger partial charge in [-0.3, -0.25) is 9.69 Å². The molecule has 1 aromatic rings. The summed E-state index contributed by atoms with van der Waals surface area (Å²) < 4.78 is 5.05. The maximum absolute atomic E-state index is 12.0. The molecule has 1 saturated heterocycles. The lowest BCUT2D eigenvalue weighted by Crippen LogP contribution is -2.30. The van der Waals surface area contributed by atoms with E-state index in [-0.39, 0.29) is 12.2 Å². The Hall–Kier alpha value is -1.98. The van der Waals surface area contributed by atoms with Gasteiger partial charge in [-0.25, -0.2) is 4.79 Å². The van der Waals surface area contributed by atoms with Crippen LogP contribution in [0.3, 0.4) is 0 Å². The summed E-state index contributed by atoms with van der Waals surface area (Å²) in [5.74, 6) is -0.0708. The molecular weight excluding hydrogens is 315 g/mol. The highest BCUT2D eigenvalue weighted by atomic mass is 35.5. The normalized spacial score (nSPS) is 16.3. The average Bonchev–Trinajstić information content (AvgIpc) is 2.66. The molecule has 110 valence electrons. The van der Waals surface area contributed by atoms with Gasteiger partial charge in [0.2, 0.25) is 0 Å². The molecule has 2 rings (SSSR count). The number of carbonyl (C=O) groups is 2. The standard InChI is InChI=1S/C14H12Cl2N2O3/c1-3-4-18-13(19)11(17-14(18)20)7-8-5-9(15)12(21-2)10(16)6-8/h3,5-7H,1,4H2,2H3,(H,17,20)/b11-7-. The molecule has 1 N–H and O–H groups in total. The number of amides is 3. The molecular formula is C14H12Cl2N2O3. The monoisotopic (exact) mass is 326 g/mol. The smallest absolute Gasteiger partial charge is 0.329 e. The van der Waals surface area contributed by atoms with Gasteiger partial charge in [-0.05, 0) is 23.8 Å². The van der Waals surface area contributed by atoms with Crippen molar-refractivity contribution in [2.45, 2.75) is 0 Å². The van der Waals surface area contributed by atoms with E-state index in [1.54, 1.807) is 12.1 Å². The average molecular weight is 327 g/mol. The highest BCUT2D eigenvalue weighted by molar-refractivity contribution is 6.37. The van der Waals surface area contributed by atoms with Crippen molar-refractivity contribution in [3.8, 4) is 5.75 Å². The van der Waals surface area contributed by atoms with Crippen molar-refractivity contribution in [2.24, 2.45) is 0 Å². The van der Waals surface area contributed by atoms with Crippen LogP contribution >= 0.6 is 23.2 Å². The van der Waals surface area contributed by atoms with Crippen molar-refractivity contribution in [1.82, 2.24) is 10.2 Å². The Labute approximate surface area is 131 Å². The number of imide groups is 1. The maximum Gasteiger partial charge on any atom is 0.329 e. The zero-order valence-corrected chi connectivity index (χ0v) is 12.7. The molecule has 0 unspecified atom stereocenters. The minimum Gasteiger partial charge on any atom is -0.494 e. The molecule has 0 bridgehead atoms. The molecule has 1 aromatic carbocycles. The number of nitrogens with zero attached hydrogens (tertiary/aromatic N) is 1. The Bertz CT molecular complexity index is 633. The molecule has 0 spiro atoms. The zero-order chi connectivity index (χ0) is 15.6. The van der Waals surface area contributed by atoms with E-state index < -0.39 is 11.9 Å². The Morgan fingerprint density at radius 1 is 1.33 bits per heavy atom. The second-order valence-corrected chi connectivity index (χ2v) is 5.02. The number of urea groups is 1. The van der Waals surface area contributed by atoms with Crippen LogP contribution < -0.4 is 10.1 Å². The van der Waals surface area contributed by atoms with Crippen molar-refractivity contribution in [3.63, 3.8) is 0 Å². The first-order valence-electron chi connectivity index (χ1n) is 5.96. The van der Waals surface area contributed by atoms with Gasteiger partial charge in [-0.2, -0.15) is 0 Å². The summed E-state index contributed by atoms with van der Waals surface area (Å²) in [6.45, 7) is 3.65. The summed E-state index contributed by atoms with van der Waals surface area (Å²) in [6, 6.07) is 2.70. The zero-order valence-electron chi connectivity index (χ0n) is 11.2. The van der Waals surface area contributed by atoms with Crippen LogP contribution in [0.1, 0.15) is 5.56 Å². The fraction of sp³-hybridized carbons (Fsp3) is 0.143. The van der Waals surface area contributed by atoms with Crippen molar-refractivity contribution in [3.05, 3.63) is 46.1 Å². The lowest BCUT2D eigenvalue weighted by atomic mass is 10.2. The number of benzene rings is 1. The number of halogens is 2. The summed E-state index contributed by atoms with van der Waals surface area (Å²) in [5.41, 5.74) is 0.731. The molecule has 0 aromatic heterocycles. The summed E-state index contributed by atoms with van der Waals surface area (Å²) in [4.78, 5) is 24.7. The van der Waals surface area contributed by atoms with E-state index in [4.69, 9.17) is 27.9 Å². The van der Waals surface area contributed by atoms with E-state index in [0.29, 0.717) is 21.4 Å². The van der Waals surface area contributed by atoms with Gasteiger partial charge in [0, 0.05) is 6.54 Å². The fourth-order valence-electron chi connectivity index (χ4n) is 1.89. The van der Waals surface area contributed by atoms with Crippen LogP contribution in [0.5, 0.6) is 5.75 Å². The number of methoxy groups -OCH3 is 1. The van der Waals surface area contributed by atoms with Gasteiger partial charge in [0.25, 0.3) is 5.91 Å². The van der Waals surface area contributed by atoms with Crippen LogP contribution in [-0.2, 0) is 4.79 Å². The summed E-state index contributed by atoms with van der Waals surface area (Å²) in [5, 5.41) is 3.12. The van der Waals surface area contributed by atoms with Gasteiger partial charge >= 0.3 is 6.03 Å². The van der Waals surface area contributed by atoms with Crippen LogP contribution in [0.2, 0.25) is 10.0 Å². The van der Waals surface area contributed by atoms with Crippen LogP contribution in [0, 0.1) is 0 Å².